The van der Waals surface area contributed by atoms with Crippen molar-refractivity contribution in [1.82, 2.24) is 5.32 Å². The van der Waals surface area contributed by atoms with Crippen molar-refractivity contribution in [3.05, 3.63) is 28.8 Å². The van der Waals surface area contributed by atoms with Crippen LogP contribution in [0.25, 0.3) is 0 Å². The molecule has 1 heterocycles. The number of rotatable bonds is 3. The van der Waals surface area contributed by atoms with Gasteiger partial charge in [-0.15, -0.1) is 12.4 Å². The molecular formula is C13H18Cl2N2O2. The molecule has 1 aliphatic rings. The second-order valence-corrected chi connectivity index (χ2v) is 4.82. The number of morpholine rings is 1. The number of carbonyl (C=O) groups is 1. The van der Waals surface area contributed by atoms with Crippen LogP contribution in [-0.4, -0.2) is 31.7 Å². The molecule has 2 rings (SSSR count). The third-order valence-electron chi connectivity index (χ3n) is 2.87. The molecule has 1 aromatic rings. The maximum absolute atomic E-state index is 11.8. The maximum Gasteiger partial charge on any atom is 0.227 e. The zero-order valence-electron chi connectivity index (χ0n) is 10.7. The van der Waals surface area contributed by atoms with Crippen molar-refractivity contribution in [2.45, 2.75) is 19.4 Å². The quantitative estimate of drug-likeness (QED) is 0.901. The Morgan fingerprint density at radius 2 is 2.37 bits per heavy atom. The number of benzene rings is 1. The van der Waals surface area contributed by atoms with Gasteiger partial charge in [-0.05, 0) is 24.6 Å². The summed E-state index contributed by atoms with van der Waals surface area (Å²) in [6, 6.07) is 5.49. The van der Waals surface area contributed by atoms with Gasteiger partial charge in [-0.3, -0.25) is 4.79 Å². The Labute approximate surface area is 124 Å². The molecule has 1 atom stereocenters. The molecule has 2 N–H and O–H groups in total. The van der Waals surface area contributed by atoms with E-state index in [0.29, 0.717) is 18.1 Å². The summed E-state index contributed by atoms with van der Waals surface area (Å²) in [5.41, 5.74) is 1.72. The lowest BCUT2D eigenvalue weighted by Crippen LogP contribution is -2.40. The fraction of sp³-hybridized carbons (Fsp3) is 0.462. The fourth-order valence-electron chi connectivity index (χ4n) is 1.84. The molecule has 1 fully saturated rings. The summed E-state index contributed by atoms with van der Waals surface area (Å²) in [6.45, 7) is 4.16. The molecule has 1 saturated heterocycles. The van der Waals surface area contributed by atoms with E-state index in [4.69, 9.17) is 16.3 Å². The van der Waals surface area contributed by atoms with Crippen LogP contribution in [0.15, 0.2) is 18.2 Å². The lowest BCUT2D eigenvalue weighted by molar-refractivity contribution is -0.119. The lowest BCUT2D eigenvalue weighted by Gasteiger charge is -2.23. The molecule has 1 aromatic carbocycles. The molecule has 1 unspecified atom stereocenters. The average Bonchev–Trinajstić information content (AvgIpc) is 2.35. The van der Waals surface area contributed by atoms with E-state index >= 15 is 0 Å². The first kappa shape index (κ1) is 16.2. The lowest BCUT2D eigenvalue weighted by atomic mass is 10.2. The molecule has 6 heteroatoms. The summed E-state index contributed by atoms with van der Waals surface area (Å²) in [5, 5.41) is 6.68. The second kappa shape index (κ2) is 7.70. The van der Waals surface area contributed by atoms with Gasteiger partial charge in [0.05, 0.1) is 19.1 Å². The number of ether oxygens (including phenoxy) is 1. The molecule has 0 aromatic heterocycles. The molecule has 106 valence electrons. The number of halogens is 2. The number of hydrogen-bond acceptors (Lipinski definition) is 3. The molecule has 1 aliphatic heterocycles. The Bertz CT molecular complexity index is 435. The third kappa shape index (κ3) is 4.99. The zero-order chi connectivity index (χ0) is 13.0. The Kier molecular flexibility index (Phi) is 6.58. The SMILES string of the molecule is Cc1ccc(NC(=O)CC2CNCCO2)cc1Cl.Cl. The fourth-order valence-corrected chi connectivity index (χ4v) is 2.02. The van der Waals surface area contributed by atoms with Crippen LogP contribution >= 0.6 is 24.0 Å². The van der Waals surface area contributed by atoms with Crippen LogP contribution in [0.1, 0.15) is 12.0 Å². The van der Waals surface area contributed by atoms with Crippen molar-refractivity contribution in [2.75, 3.05) is 25.0 Å². The molecule has 1 amide bonds. The average molecular weight is 305 g/mol. The van der Waals surface area contributed by atoms with E-state index in [-0.39, 0.29) is 24.4 Å². The molecule has 0 bridgehead atoms. The molecule has 0 spiro atoms. The van der Waals surface area contributed by atoms with Gasteiger partial charge in [-0.25, -0.2) is 0 Å². The van der Waals surface area contributed by atoms with Crippen molar-refractivity contribution in [3.8, 4) is 0 Å². The Morgan fingerprint density at radius 1 is 1.58 bits per heavy atom. The Hall–Kier alpha value is -0.810. The largest absolute Gasteiger partial charge is 0.375 e. The smallest absolute Gasteiger partial charge is 0.227 e. The number of amides is 1. The van der Waals surface area contributed by atoms with Gasteiger partial charge in [0, 0.05) is 23.8 Å². The number of hydrogen-bond donors (Lipinski definition) is 2. The van der Waals surface area contributed by atoms with Crippen molar-refractivity contribution in [3.63, 3.8) is 0 Å². The number of anilines is 1. The van der Waals surface area contributed by atoms with E-state index in [1.807, 2.05) is 19.1 Å². The minimum Gasteiger partial charge on any atom is -0.375 e. The first-order chi connectivity index (χ1) is 8.65. The van der Waals surface area contributed by atoms with Crippen LogP contribution in [0.4, 0.5) is 5.69 Å². The summed E-state index contributed by atoms with van der Waals surface area (Å²) >= 11 is 6.00. The minimum absolute atomic E-state index is 0. The summed E-state index contributed by atoms with van der Waals surface area (Å²) < 4.78 is 5.48. The summed E-state index contributed by atoms with van der Waals surface area (Å²) in [7, 11) is 0. The van der Waals surface area contributed by atoms with Crippen LogP contribution in [0.5, 0.6) is 0 Å². The number of carbonyl (C=O) groups excluding carboxylic acids is 1. The predicted molar refractivity (Wildman–Crippen MR) is 79.3 cm³/mol. The molecule has 19 heavy (non-hydrogen) atoms. The van der Waals surface area contributed by atoms with E-state index in [1.165, 1.54) is 0 Å². The highest BCUT2D eigenvalue weighted by Crippen LogP contribution is 2.20. The second-order valence-electron chi connectivity index (χ2n) is 4.41. The van der Waals surface area contributed by atoms with Gasteiger partial charge in [0.25, 0.3) is 0 Å². The van der Waals surface area contributed by atoms with E-state index < -0.39 is 0 Å². The summed E-state index contributed by atoms with van der Waals surface area (Å²) in [6.07, 6.45) is 0.318. The van der Waals surface area contributed by atoms with Gasteiger partial charge in [0.1, 0.15) is 0 Å². The molecule has 0 saturated carbocycles. The summed E-state index contributed by atoms with van der Waals surface area (Å²) in [4.78, 5) is 11.8. The highest BCUT2D eigenvalue weighted by atomic mass is 35.5. The van der Waals surface area contributed by atoms with Crippen LogP contribution in [-0.2, 0) is 9.53 Å². The summed E-state index contributed by atoms with van der Waals surface area (Å²) in [5.74, 6) is -0.0522. The van der Waals surface area contributed by atoms with Crippen molar-refractivity contribution >= 4 is 35.6 Å². The van der Waals surface area contributed by atoms with Gasteiger partial charge < -0.3 is 15.4 Å². The van der Waals surface area contributed by atoms with Gasteiger partial charge in [0.2, 0.25) is 5.91 Å². The van der Waals surface area contributed by atoms with Crippen LogP contribution in [0.3, 0.4) is 0 Å². The van der Waals surface area contributed by atoms with E-state index in [0.717, 1.165) is 24.3 Å². The van der Waals surface area contributed by atoms with Gasteiger partial charge in [0.15, 0.2) is 0 Å². The highest BCUT2D eigenvalue weighted by Gasteiger charge is 2.17. The standard InChI is InChI=1S/C13H17ClN2O2.ClH/c1-9-2-3-10(6-12(9)14)16-13(17)7-11-8-15-4-5-18-11;/h2-3,6,11,15H,4-5,7-8H2,1H3,(H,16,17);1H. The van der Waals surface area contributed by atoms with Crippen molar-refractivity contribution in [2.24, 2.45) is 0 Å². The van der Waals surface area contributed by atoms with Gasteiger partial charge >= 0.3 is 0 Å². The van der Waals surface area contributed by atoms with Crippen LogP contribution in [0, 0.1) is 6.92 Å². The molecule has 0 radical (unpaired) electrons. The number of aryl methyl sites for hydroxylation is 1. The third-order valence-corrected chi connectivity index (χ3v) is 3.28. The van der Waals surface area contributed by atoms with Gasteiger partial charge in [-0.2, -0.15) is 0 Å². The van der Waals surface area contributed by atoms with Crippen LogP contribution < -0.4 is 10.6 Å². The van der Waals surface area contributed by atoms with E-state index in [2.05, 4.69) is 10.6 Å². The zero-order valence-corrected chi connectivity index (χ0v) is 12.3. The molecule has 0 aliphatic carbocycles. The van der Waals surface area contributed by atoms with Crippen LogP contribution in [0.2, 0.25) is 5.02 Å². The van der Waals surface area contributed by atoms with Crippen molar-refractivity contribution < 1.29 is 9.53 Å². The Balaban J connectivity index is 0.00000180. The molecular weight excluding hydrogens is 287 g/mol. The van der Waals surface area contributed by atoms with E-state index in [1.54, 1.807) is 6.07 Å². The first-order valence-corrected chi connectivity index (χ1v) is 6.41. The predicted octanol–water partition coefficient (Wildman–Crippen LogP) is 2.39. The molecule has 4 nitrogen and oxygen atoms in total. The van der Waals surface area contributed by atoms with E-state index in [9.17, 15) is 4.79 Å². The first-order valence-electron chi connectivity index (χ1n) is 6.03. The minimum atomic E-state index is -0.0522. The van der Waals surface area contributed by atoms with Gasteiger partial charge in [-0.1, -0.05) is 17.7 Å². The monoisotopic (exact) mass is 304 g/mol. The normalized spacial score (nSPS) is 18.5. The topological polar surface area (TPSA) is 50.4 Å². The highest BCUT2D eigenvalue weighted by molar-refractivity contribution is 6.31. The van der Waals surface area contributed by atoms with Crippen molar-refractivity contribution in [1.29, 1.82) is 0 Å². The number of nitrogens with one attached hydrogen (secondary N) is 2. The maximum atomic E-state index is 11.8. The Morgan fingerprint density at radius 3 is 3.00 bits per heavy atom.